The van der Waals surface area contributed by atoms with Gasteiger partial charge in [0.25, 0.3) is 5.91 Å². The van der Waals surface area contributed by atoms with Crippen molar-refractivity contribution in [2.75, 3.05) is 19.0 Å². The van der Waals surface area contributed by atoms with Crippen molar-refractivity contribution in [2.24, 2.45) is 5.73 Å². The predicted octanol–water partition coefficient (Wildman–Crippen LogP) is 1.41. The number of nitrogens with two attached hydrogens (primary N) is 1. The first kappa shape index (κ1) is 16.3. The molecule has 6 nitrogen and oxygen atoms in total. The summed E-state index contributed by atoms with van der Waals surface area (Å²) in [4.78, 5) is 23.4. The first-order chi connectivity index (χ1) is 10.5. The number of amides is 2. The van der Waals surface area contributed by atoms with Crippen LogP contribution in [0, 0.1) is 0 Å². The molecule has 0 atom stereocenters. The molecule has 1 fully saturated rings. The maximum absolute atomic E-state index is 12.3. The first-order valence-electron chi connectivity index (χ1n) is 7.57. The van der Waals surface area contributed by atoms with E-state index in [9.17, 15) is 9.59 Å². The Balaban J connectivity index is 1.90. The molecule has 2 amide bonds. The van der Waals surface area contributed by atoms with E-state index in [2.05, 4.69) is 10.6 Å². The largest absolute Gasteiger partial charge is 0.484 e. The number of nitrogens with one attached hydrogen (secondary N) is 2. The van der Waals surface area contributed by atoms with Gasteiger partial charge in [-0.2, -0.15) is 0 Å². The van der Waals surface area contributed by atoms with Crippen molar-refractivity contribution < 1.29 is 14.3 Å². The molecular weight excluding hydrogens is 282 g/mol. The van der Waals surface area contributed by atoms with Crippen LogP contribution in [0.1, 0.15) is 32.1 Å². The molecular formula is C16H23N3O3. The first-order valence-corrected chi connectivity index (χ1v) is 7.57. The molecule has 6 heteroatoms. The van der Waals surface area contributed by atoms with E-state index >= 15 is 0 Å². The Labute approximate surface area is 130 Å². The second kappa shape index (κ2) is 7.26. The van der Waals surface area contributed by atoms with Gasteiger partial charge in [-0.05, 0) is 37.1 Å². The second-order valence-electron chi connectivity index (χ2n) is 5.66. The highest BCUT2D eigenvalue weighted by Gasteiger charge is 2.35. The van der Waals surface area contributed by atoms with Crippen molar-refractivity contribution in [1.82, 2.24) is 5.32 Å². The minimum atomic E-state index is -0.757. The van der Waals surface area contributed by atoms with Gasteiger partial charge in [-0.3, -0.25) is 9.59 Å². The highest BCUT2D eigenvalue weighted by atomic mass is 16.5. The average Bonchev–Trinajstić information content (AvgIpc) is 2.54. The second-order valence-corrected chi connectivity index (χ2v) is 5.66. The fraction of sp³-hybridized carbons (Fsp3) is 0.500. The number of carbonyl (C=O) groups is 2. The molecule has 120 valence electrons. The third-order valence-corrected chi connectivity index (χ3v) is 3.96. The fourth-order valence-corrected chi connectivity index (χ4v) is 2.52. The van der Waals surface area contributed by atoms with Crippen molar-refractivity contribution in [3.8, 4) is 5.75 Å². The molecule has 1 aliphatic rings. The van der Waals surface area contributed by atoms with Crippen molar-refractivity contribution in [3.63, 3.8) is 0 Å². The van der Waals surface area contributed by atoms with Crippen LogP contribution in [-0.2, 0) is 9.59 Å². The Morgan fingerprint density at radius 3 is 2.41 bits per heavy atom. The highest BCUT2D eigenvalue weighted by Crippen LogP contribution is 2.27. The van der Waals surface area contributed by atoms with E-state index in [1.54, 1.807) is 31.3 Å². The van der Waals surface area contributed by atoms with Gasteiger partial charge in [-0.15, -0.1) is 0 Å². The quantitative estimate of drug-likeness (QED) is 0.767. The number of rotatable bonds is 5. The van der Waals surface area contributed by atoms with E-state index in [1.165, 1.54) is 0 Å². The lowest BCUT2D eigenvalue weighted by atomic mass is 9.82. The monoisotopic (exact) mass is 305 g/mol. The lowest BCUT2D eigenvalue weighted by Gasteiger charge is -2.31. The van der Waals surface area contributed by atoms with Crippen LogP contribution >= 0.6 is 0 Å². The van der Waals surface area contributed by atoms with Crippen LogP contribution in [-0.4, -0.2) is 31.0 Å². The minimum Gasteiger partial charge on any atom is -0.484 e. The van der Waals surface area contributed by atoms with Crippen LogP contribution in [0.5, 0.6) is 5.75 Å². The molecule has 1 saturated carbocycles. The lowest BCUT2D eigenvalue weighted by Crippen LogP contribution is -2.52. The Morgan fingerprint density at radius 1 is 1.18 bits per heavy atom. The Bertz CT molecular complexity index is 522. The molecule has 4 N–H and O–H groups in total. The minimum absolute atomic E-state index is 0.0336. The summed E-state index contributed by atoms with van der Waals surface area (Å²) < 4.78 is 5.31. The number of hydrogen-bond acceptors (Lipinski definition) is 4. The maximum atomic E-state index is 12.3. The van der Waals surface area contributed by atoms with E-state index in [-0.39, 0.29) is 18.4 Å². The topological polar surface area (TPSA) is 93.5 Å². The highest BCUT2D eigenvalue weighted by molar-refractivity contribution is 5.98. The van der Waals surface area contributed by atoms with Gasteiger partial charge in [-0.25, -0.2) is 0 Å². The molecule has 0 spiro atoms. The number of ether oxygens (including phenoxy) is 1. The summed E-state index contributed by atoms with van der Waals surface area (Å²) in [6.45, 7) is -0.0336. The molecule has 1 aliphatic carbocycles. The molecule has 0 saturated heterocycles. The zero-order valence-electron chi connectivity index (χ0n) is 12.9. The van der Waals surface area contributed by atoms with E-state index in [4.69, 9.17) is 10.5 Å². The van der Waals surface area contributed by atoms with Crippen LogP contribution in [0.3, 0.4) is 0 Å². The molecule has 2 rings (SSSR count). The summed E-state index contributed by atoms with van der Waals surface area (Å²) in [5.74, 6) is 0.243. The van der Waals surface area contributed by atoms with E-state index in [0.717, 1.165) is 32.1 Å². The maximum Gasteiger partial charge on any atom is 0.257 e. The van der Waals surface area contributed by atoms with E-state index in [0.29, 0.717) is 11.4 Å². The smallest absolute Gasteiger partial charge is 0.257 e. The lowest BCUT2D eigenvalue weighted by molar-refractivity contribution is -0.123. The van der Waals surface area contributed by atoms with Crippen LogP contribution in [0.25, 0.3) is 0 Å². The summed E-state index contributed by atoms with van der Waals surface area (Å²) in [6.07, 6.45) is 4.59. The van der Waals surface area contributed by atoms with Gasteiger partial charge in [0.05, 0.1) is 5.54 Å². The van der Waals surface area contributed by atoms with Crippen LogP contribution in [0.2, 0.25) is 0 Å². The molecule has 0 aliphatic heterocycles. The zero-order chi connectivity index (χ0) is 16.0. The third kappa shape index (κ3) is 4.21. The molecule has 0 bridgehead atoms. The Hall–Kier alpha value is -2.08. The summed E-state index contributed by atoms with van der Waals surface area (Å²) in [5, 5.41) is 5.33. The standard InChI is InChI=1S/C16H23N3O3/c1-18-14(20)11-22-13-7-5-12(6-8-13)19-15(21)16(17)9-3-2-4-10-16/h5-8H,2-4,9-11,17H2,1H3,(H,18,20)(H,19,21). The number of anilines is 1. The van der Waals surface area contributed by atoms with E-state index < -0.39 is 5.54 Å². The average molecular weight is 305 g/mol. The molecule has 1 aromatic carbocycles. The zero-order valence-corrected chi connectivity index (χ0v) is 12.9. The summed E-state index contributed by atoms with van der Waals surface area (Å²) >= 11 is 0. The van der Waals surface area contributed by atoms with Crippen LogP contribution in [0.15, 0.2) is 24.3 Å². The van der Waals surface area contributed by atoms with Crippen molar-refractivity contribution >= 4 is 17.5 Å². The summed E-state index contributed by atoms with van der Waals surface area (Å²) in [6, 6.07) is 6.90. The number of carbonyl (C=O) groups excluding carboxylic acids is 2. The number of likely N-dealkylation sites (N-methyl/N-ethyl adjacent to an activating group) is 1. The predicted molar refractivity (Wildman–Crippen MR) is 84.6 cm³/mol. The molecule has 0 unspecified atom stereocenters. The van der Waals surface area contributed by atoms with Gasteiger partial charge in [0, 0.05) is 12.7 Å². The number of hydrogen-bond donors (Lipinski definition) is 3. The molecule has 0 radical (unpaired) electrons. The van der Waals surface area contributed by atoms with E-state index in [1.807, 2.05) is 0 Å². The van der Waals surface area contributed by atoms with Gasteiger partial charge < -0.3 is 21.1 Å². The summed E-state index contributed by atoms with van der Waals surface area (Å²) in [7, 11) is 1.55. The van der Waals surface area contributed by atoms with Gasteiger partial charge in [-0.1, -0.05) is 19.3 Å². The summed E-state index contributed by atoms with van der Waals surface area (Å²) in [5.41, 5.74) is 6.11. The Kier molecular flexibility index (Phi) is 5.38. The Morgan fingerprint density at radius 2 is 1.82 bits per heavy atom. The van der Waals surface area contributed by atoms with Crippen molar-refractivity contribution in [1.29, 1.82) is 0 Å². The van der Waals surface area contributed by atoms with Crippen molar-refractivity contribution in [2.45, 2.75) is 37.6 Å². The number of benzene rings is 1. The molecule has 1 aromatic rings. The normalized spacial score (nSPS) is 16.6. The SMILES string of the molecule is CNC(=O)COc1ccc(NC(=O)C2(N)CCCCC2)cc1. The molecule has 22 heavy (non-hydrogen) atoms. The van der Waals surface area contributed by atoms with Crippen LogP contribution < -0.4 is 21.1 Å². The van der Waals surface area contributed by atoms with Crippen LogP contribution in [0.4, 0.5) is 5.69 Å². The van der Waals surface area contributed by atoms with Gasteiger partial charge in [0.2, 0.25) is 5.91 Å². The molecule has 0 aromatic heterocycles. The fourth-order valence-electron chi connectivity index (χ4n) is 2.52. The van der Waals surface area contributed by atoms with Gasteiger partial charge in [0.1, 0.15) is 5.75 Å². The van der Waals surface area contributed by atoms with Crippen molar-refractivity contribution in [3.05, 3.63) is 24.3 Å². The molecule has 0 heterocycles. The van der Waals surface area contributed by atoms with Gasteiger partial charge in [0.15, 0.2) is 6.61 Å². The third-order valence-electron chi connectivity index (χ3n) is 3.96. The van der Waals surface area contributed by atoms with Gasteiger partial charge >= 0.3 is 0 Å².